The molecule has 0 aromatic carbocycles. The van der Waals surface area contributed by atoms with E-state index in [1.807, 2.05) is 0 Å². The summed E-state index contributed by atoms with van der Waals surface area (Å²) in [4.78, 5) is 46.0. The molecule has 0 saturated carbocycles. The molecule has 3 N–H and O–H groups in total. The summed E-state index contributed by atoms with van der Waals surface area (Å²) in [7, 11) is -5.11. The Hall–Kier alpha value is -1.29. The van der Waals surface area contributed by atoms with Crippen LogP contribution in [0, 0.1) is 6.92 Å². The van der Waals surface area contributed by atoms with Crippen LogP contribution in [0.1, 0.15) is 18.2 Å². The van der Waals surface area contributed by atoms with Gasteiger partial charge in [0.2, 0.25) is 0 Å². The van der Waals surface area contributed by atoms with Crippen LogP contribution in [0.4, 0.5) is 0 Å². The standard InChI is InChI=1S/C10H16N3O7P/c1-5-3-13(10(15)12-9(5)14)8-2-6(11)7(20-8)4-19-21(16,17)18/h3,6-8H,2,4,11H2,1H3,(H,12,14,15)(H2,16,17,18)/p-2/t6?,7-,8-/m1/s1. The minimum atomic E-state index is -5.11. The van der Waals surface area contributed by atoms with E-state index in [2.05, 4.69) is 9.51 Å². The van der Waals surface area contributed by atoms with Crippen LogP contribution in [0.5, 0.6) is 0 Å². The van der Waals surface area contributed by atoms with E-state index in [4.69, 9.17) is 10.5 Å². The second-order valence-electron chi connectivity index (χ2n) is 4.75. The number of aryl methyl sites for hydroxylation is 1. The average molecular weight is 319 g/mol. The third-order valence-electron chi connectivity index (χ3n) is 3.14. The van der Waals surface area contributed by atoms with Gasteiger partial charge < -0.3 is 29.3 Å². The normalized spacial score (nSPS) is 26.2. The van der Waals surface area contributed by atoms with Crippen molar-refractivity contribution in [3.05, 3.63) is 32.6 Å². The van der Waals surface area contributed by atoms with E-state index in [9.17, 15) is 23.9 Å². The fraction of sp³-hybridized carbons (Fsp3) is 0.600. The lowest BCUT2D eigenvalue weighted by Crippen LogP contribution is -2.35. The van der Waals surface area contributed by atoms with E-state index < -0.39 is 44.1 Å². The Kier molecular flexibility index (Phi) is 4.47. The van der Waals surface area contributed by atoms with Gasteiger partial charge in [-0.05, 0) is 6.92 Å². The van der Waals surface area contributed by atoms with Crippen molar-refractivity contribution in [3.8, 4) is 0 Å². The quantitative estimate of drug-likeness (QED) is 0.566. The topological polar surface area (TPSA) is 163 Å². The number of nitrogens with zero attached hydrogens (tertiary/aromatic N) is 1. The Labute approximate surface area is 118 Å². The lowest BCUT2D eigenvalue weighted by Gasteiger charge is -2.30. The first-order chi connectivity index (χ1) is 9.67. The lowest BCUT2D eigenvalue weighted by molar-refractivity contribution is -0.343. The molecule has 3 atom stereocenters. The van der Waals surface area contributed by atoms with Gasteiger partial charge in [-0.15, -0.1) is 0 Å². The zero-order valence-corrected chi connectivity index (χ0v) is 11.9. The summed E-state index contributed by atoms with van der Waals surface area (Å²) in [5.74, 6) is 0. The third-order valence-corrected chi connectivity index (χ3v) is 3.60. The molecule has 1 aliphatic rings. The first-order valence-corrected chi connectivity index (χ1v) is 7.53. The molecule has 0 spiro atoms. The Bertz CT molecular complexity index is 678. The van der Waals surface area contributed by atoms with Crippen LogP contribution in [0.15, 0.2) is 15.8 Å². The molecule has 21 heavy (non-hydrogen) atoms. The molecular weight excluding hydrogens is 305 g/mol. The monoisotopic (exact) mass is 319 g/mol. The maximum atomic E-state index is 11.7. The summed E-state index contributed by atoms with van der Waals surface area (Å²) in [6, 6.07) is -0.610. The summed E-state index contributed by atoms with van der Waals surface area (Å²) >= 11 is 0. The number of nitrogens with two attached hydrogens (primary N) is 1. The molecule has 1 fully saturated rings. The molecule has 0 radical (unpaired) electrons. The maximum Gasteiger partial charge on any atom is 0.330 e. The first-order valence-electron chi connectivity index (χ1n) is 6.07. The molecule has 0 amide bonds. The molecule has 11 heteroatoms. The molecule has 118 valence electrons. The van der Waals surface area contributed by atoms with Gasteiger partial charge in [-0.3, -0.25) is 14.3 Å². The van der Waals surface area contributed by atoms with Crippen molar-refractivity contribution in [1.82, 2.24) is 9.55 Å². The van der Waals surface area contributed by atoms with Crippen molar-refractivity contribution >= 4 is 7.82 Å². The summed E-state index contributed by atoms with van der Waals surface area (Å²) in [6.45, 7) is 1.01. The zero-order chi connectivity index (χ0) is 15.8. The molecule has 1 aliphatic heterocycles. The lowest BCUT2D eigenvalue weighted by atomic mass is 10.1. The second kappa shape index (κ2) is 5.84. The van der Waals surface area contributed by atoms with Gasteiger partial charge in [-0.1, -0.05) is 0 Å². The number of H-pyrrole nitrogens is 1. The number of nitrogens with one attached hydrogen (secondary N) is 1. The van der Waals surface area contributed by atoms with E-state index >= 15 is 0 Å². The molecule has 1 aromatic heterocycles. The molecule has 0 bridgehead atoms. The van der Waals surface area contributed by atoms with Crippen LogP contribution < -0.4 is 26.8 Å². The maximum absolute atomic E-state index is 11.7. The second-order valence-corrected chi connectivity index (χ2v) is 5.90. The van der Waals surface area contributed by atoms with Crippen LogP contribution >= 0.6 is 7.82 Å². The van der Waals surface area contributed by atoms with Crippen molar-refractivity contribution in [2.75, 3.05) is 6.61 Å². The number of aromatic nitrogens is 2. The molecule has 0 aliphatic carbocycles. The molecule has 1 unspecified atom stereocenters. The van der Waals surface area contributed by atoms with Gasteiger partial charge in [-0.25, -0.2) is 4.79 Å². The molecular formula is C10H14N3O7P-2. The molecule has 1 saturated heterocycles. The summed E-state index contributed by atoms with van der Waals surface area (Å²) in [5.41, 5.74) is 4.92. The van der Waals surface area contributed by atoms with Crippen LogP contribution in [-0.2, 0) is 13.8 Å². The van der Waals surface area contributed by atoms with Gasteiger partial charge in [0.25, 0.3) is 5.56 Å². The van der Waals surface area contributed by atoms with E-state index in [1.54, 1.807) is 0 Å². The van der Waals surface area contributed by atoms with Crippen molar-refractivity contribution in [2.24, 2.45) is 5.73 Å². The van der Waals surface area contributed by atoms with E-state index in [0.717, 1.165) is 4.57 Å². The number of hydrogen-bond acceptors (Lipinski definition) is 8. The minimum absolute atomic E-state index is 0.210. The largest absolute Gasteiger partial charge is 0.790 e. The number of phosphoric acid groups is 1. The molecule has 2 rings (SSSR count). The van der Waals surface area contributed by atoms with Gasteiger partial charge in [0.1, 0.15) is 6.23 Å². The highest BCUT2D eigenvalue weighted by molar-refractivity contribution is 7.43. The SMILES string of the molecule is Cc1cn([C@H]2CC(N)[C@@H](COP(=O)([O-])[O-])O2)c(=O)[nH]c1=O. The van der Waals surface area contributed by atoms with E-state index in [1.165, 1.54) is 13.1 Å². The number of hydrogen-bond donors (Lipinski definition) is 2. The van der Waals surface area contributed by atoms with Crippen LogP contribution in [0.2, 0.25) is 0 Å². The predicted octanol–water partition coefficient (Wildman–Crippen LogP) is -2.69. The number of rotatable bonds is 4. The Morgan fingerprint density at radius 3 is 2.86 bits per heavy atom. The Balaban J connectivity index is 2.14. The highest BCUT2D eigenvalue weighted by Gasteiger charge is 2.34. The van der Waals surface area contributed by atoms with Crippen molar-refractivity contribution in [1.29, 1.82) is 0 Å². The van der Waals surface area contributed by atoms with Crippen LogP contribution in [0.25, 0.3) is 0 Å². The average Bonchev–Trinajstić information content (AvgIpc) is 2.72. The smallest absolute Gasteiger partial charge is 0.330 e. The molecule has 2 heterocycles. The Morgan fingerprint density at radius 2 is 2.24 bits per heavy atom. The number of ether oxygens (including phenoxy) is 1. The highest BCUT2D eigenvalue weighted by Crippen LogP contribution is 2.31. The van der Waals surface area contributed by atoms with Crippen LogP contribution in [-0.4, -0.2) is 28.3 Å². The van der Waals surface area contributed by atoms with E-state index in [0.29, 0.717) is 5.56 Å². The van der Waals surface area contributed by atoms with Gasteiger partial charge in [0.05, 0.1) is 20.5 Å². The molecule has 10 nitrogen and oxygen atoms in total. The van der Waals surface area contributed by atoms with Gasteiger partial charge in [0.15, 0.2) is 0 Å². The minimum Gasteiger partial charge on any atom is -0.790 e. The predicted molar refractivity (Wildman–Crippen MR) is 66.1 cm³/mol. The van der Waals surface area contributed by atoms with Gasteiger partial charge in [-0.2, -0.15) is 0 Å². The van der Waals surface area contributed by atoms with Crippen molar-refractivity contribution in [2.45, 2.75) is 31.7 Å². The summed E-state index contributed by atoms with van der Waals surface area (Å²) < 4.78 is 21.2. The number of phosphoric ester groups is 1. The van der Waals surface area contributed by atoms with Crippen LogP contribution in [0.3, 0.4) is 0 Å². The fourth-order valence-corrected chi connectivity index (χ4v) is 2.38. The third kappa shape index (κ3) is 3.88. The van der Waals surface area contributed by atoms with E-state index in [-0.39, 0.29) is 6.42 Å². The van der Waals surface area contributed by atoms with Crippen molar-refractivity contribution in [3.63, 3.8) is 0 Å². The number of aromatic amines is 1. The summed E-state index contributed by atoms with van der Waals surface area (Å²) in [6.07, 6.45) is -0.0744. The molecule has 1 aromatic rings. The van der Waals surface area contributed by atoms with Gasteiger partial charge >= 0.3 is 5.69 Å². The fourth-order valence-electron chi connectivity index (χ4n) is 2.05. The van der Waals surface area contributed by atoms with Gasteiger partial charge in [0, 0.05) is 24.2 Å². The zero-order valence-electron chi connectivity index (χ0n) is 11.1. The first kappa shape index (κ1) is 16.1. The Morgan fingerprint density at radius 1 is 1.57 bits per heavy atom. The summed E-state index contributed by atoms with van der Waals surface area (Å²) in [5, 5.41) is 0. The highest BCUT2D eigenvalue weighted by atomic mass is 31.2. The van der Waals surface area contributed by atoms with Crippen molar-refractivity contribution < 1.29 is 23.6 Å².